The van der Waals surface area contributed by atoms with Crippen LogP contribution in [0, 0.1) is 0 Å². The van der Waals surface area contributed by atoms with Gasteiger partial charge in [-0.05, 0) is 31.2 Å². The van der Waals surface area contributed by atoms with Crippen LogP contribution in [0.1, 0.15) is 23.7 Å². The molecule has 2 aromatic carbocycles. The maximum Gasteiger partial charge on any atom is 0.340 e. The highest BCUT2D eigenvalue weighted by Crippen LogP contribution is 2.29. The first-order valence-corrected chi connectivity index (χ1v) is 8.61. The Morgan fingerprint density at radius 3 is 2.44 bits per heavy atom. The molecule has 2 rings (SSSR count). The Hall–Kier alpha value is -3.22. The molecule has 0 unspecified atom stereocenters. The number of para-hydroxylation sites is 1. The van der Waals surface area contributed by atoms with Gasteiger partial charge in [-0.1, -0.05) is 12.1 Å². The highest BCUT2D eigenvalue weighted by molar-refractivity contribution is 5.96. The third-order valence-corrected chi connectivity index (χ3v) is 3.76. The molecule has 7 nitrogen and oxygen atoms in total. The lowest BCUT2D eigenvalue weighted by molar-refractivity contribution is -0.115. The van der Waals surface area contributed by atoms with Crippen LogP contribution in [-0.4, -0.2) is 39.2 Å². The zero-order chi connectivity index (χ0) is 19.6. The zero-order valence-corrected chi connectivity index (χ0v) is 15.7. The summed E-state index contributed by atoms with van der Waals surface area (Å²) in [5, 5.41) is 5.91. The fourth-order valence-electron chi connectivity index (χ4n) is 2.47. The second-order valence-corrected chi connectivity index (χ2v) is 5.56. The summed E-state index contributed by atoms with van der Waals surface area (Å²) < 4.78 is 15.4. The Morgan fingerprint density at radius 1 is 1.00 bits per heavy atom. The van der Waals surface area contributed by atoms with Gasteiger partial charge in [0.1, 0.15) is 0 Å². The van der Waals surface area contributed by atoms with Crippen LogP contribution in [0.2, 0.25) is 0 Å². The molecule has 0 aliphatic carbocycles. The van der Waals surface area contributed by atoms with E-state index >= 15 is 0 Å². The van der Waals surface area contributed by atoms with Crippen molar-refractivity contribution in [3.63, 3.8) is 0 Å². The van der Waals surface area contributed by atoms with Gasteiger partial charge in [-0.2, -0.15) is 0 Å². The van der Waals surface area contributed by atoms with Gasteiger partial charge >= 0.3 is 5.97 Å². The fraction of sp³-hybridized carbons (Fsp3) is 0.300. The van der Waals surface area contributed by atoms with Crippen LogP contribution in [0.4, 0.5) is 11.4 Å². The molecule has 2 aromatic rings. The topological polar surface area (TPSA) is 85.9 Å². The van der Waals surface area contributed by atoms with Crippen LogP contribution in [0.15, 0.2) is 42.5 Å². The first kappa shape index (κ1) is 20.1. The summed E-state index contributed by atoms with van der Waals surface area (Å²) in [6.45, 7) is 2.43. The summed E-state index contributed by atoms with van der Waals surface area (Å²) in [6.07, 6.45) is 0.228. The van der Waals surface area contributed by atoms with Gasteiger partial charge in [0.25, 0.3) is 0 Å². The molecule has 2 N–H and O–H groups in total. The van der Waals surface area contributed by atoms with E-state index in [1.54, 1.807) is 50.4 Å². The summed E-state index contributed by atoms with van der Waals surface area (Å²) in [4.78, 5) is 24.1. The molecule has 0 radical (unpaired) electrons. The molecule has 1 amide bonds. The fourth-order valence-corrected chi connectivity index (χ4v) is 2.47. The van der Waals surface area contributed by atoms with E-state index in [0.717, 1.165) is 0 Å². The van der Waals surface area contributed by atoms with Crippen molar-refractivity contribution in [2.75, 3.05) is 38.0 Å². The van der Waals surface area contributed by atoms with Crippen molar-refractivity contribution in [3.8, 4) is 11.5 Å². The van der Waals surface area contributed by atoms with Crippen LogP contribution < -0.4 is 20.1 Å². The van der Waals surface area contributed by atoms with Crippen LogP contribution in [-0.2, 0) is 9.53 Å². The van der Waals surface area contributed by atoms with Gasteiger partial charge in [0.05, 0.1) is 26.4 Å². The maximum atomic E-state index is 12.2. The number of methoxy groups -OCH3 is 2. The molecule has 0 bridgehead atoms. The van der Waals surface area contributed by atoms with Gasteiger partial charge in [0.15, 0.2) is 11.5 Å². The number of carbonyl (C=O) groups is 2. The first-order chi connectivity index (χ1) is 13.1. The third-order valence-electron chi connectivity index (χ3n) is 3.76. The molecule has 0 fully saturated rings. The third kappa shape index (κ3) is 5.64. The monoisotopic (exact) mass is 372 g/mol. The summed E-state index contributed by atoms with van der Waals surface area (Å²) in [5.74, 6) is 0.572. The quantitative estimate of drug-likeness (QED) is 0.657. The van der Waals surface area contributed by atoms with E-state index < -0.39 is 5.97 Å². The molecule has 0 atom stereocenters. The van der Waals surface area contributed by atoms with Gasteiger partial charge in [-0.25, -0.2) is 4.79 Å². The molecule has 0 aliphatic heterocycles. The number of amides is 1. The SMILES string of the molecule is CCOC(=O)c1ccccc1NCCC(=O)Nc1ccc(OC)c(OC)c1. The molecule has 0 aliphatic rings. The van der Waals surface area contributed by atoms with Crippen LogP contribution in [0.3, 0.4) is 0 Å². The number of carbonyl (C=O) groups excluding carboxylic acids is 2. The first-order valence-electron chi connectivity index (χ1n) is 8.61. The molecule has 144 valence electrons. The average molecular weight is 372 g/mol. The number of hydrogen-bond donors (Lipinski definition) is 2. The number of rotatable bonds is 9. The Kier molecular flexibility index (Phi) is 7.49. The van der Waals surface area contributed by atoms with Crippen LogP contribution in [0.5, 0.6) is 11.5 Å². The zero-order valence-electron chi connectivity index (χ0n) is 15.7. The van der Waals surface area contributed by atoms with E-state index in [2.05, 4.69) is 10.6 Å². The number of nitrogens with one attached hydrogen (secondary N) is 2. The normalized spacial score (nSPS) is 10.0. The predicted molar refractivity (Wildman–Crippen MR) is 104 cm³/mol. The van der Waals surface area contributed by atoms with Gasteiger partial charge in [-0.3, -0.25) is 4.79 Å². The van der Waals surface area contributed by atoms with E-state index in [9.17, 15) is 9.59 Å². The minimum absolute atomic E-state index is 0.164. The highest BCUT2D eigenvalue weighted by Gasteiger charge is 2.12. The molecular formula is C20H24N2O5. The number of ether oxygens (including phenoxy) is 3. The molecule has 7 heteroatoms. The molecule has 0 saturated carbocycles. The van der Waals surface area contributed by atoms with Crippen molar-refractivity contribution < 1.29 is 23.8 Å². The van der Waals surface area contributed by atoms with Crippen molar-refractivity contribution >= 4 is 23.3 Å². The predicted octanol–water partition coefficient (Wildman–Crippen LogP) is 3.32. The standard InChI is InChI=1S/C20H24N2O5/c1-4-27-20(24)15-7-5-6-8-16(15)21-12-11-19(23)22-14-9-10-17(25-2)18(13-14)26-3/h5-10,13,21H,4,11-12H2,1-3H3,(H,22,23). The van der Waals surface area contributed by atoms with E-state index in [4.69, 9.17) is 14.2 Å². The Bertz CT molecular complexity index is 792. The van der Waals surface area contributed by atoms with Crippen molar-refractivity contribution in [2.24, 2.45) is 0 Å². The minimum atomic E-state index is -0.393. The summed E-state index contributed by atoms with van der Waals surface area (Å²) in [6, 6.07) is 12.2. The van der Waals surface area contributed by atoms with Crippen molar-refractivity contribution in [2.45, 2.75) is 13.3 Å². The van der Waals surface area contributed by atoms with Gasteiger partial charge in [0, 0.05) is 30.4 Å². The van der Waals surface area contributed by atoms with Crippen molar-refractivity contribution in [3.05, 3.63) is 48.0 Å². The minimum Gasteiger partial charge on any atom is -0.493 e. The molecule has 27 heavy (non-hydrogen) atoms. The van der Waals surface area contributed by atoms with Gasteiger partial charge in [-0.15, -0.1) is 0 Å². The summed E-state index contributed by atoms with van der Waals surface area (Å²) >= 11 is 0. The number of hydrogen-bond acceptors (Lipinski definition) is 6. The number of anilines is 2. The Balaban J connectivity index is 1.91. The molecular weight excluding hydrogens is 348 g/mol. The molecule has 0 aromatic heterocycles. The van der Waals surface area contributed by atoms with Crippen LogP contribution in [0.25, 0.3) is 0 Å². The second-order valence-electron chi connectivity index (χ2n) is 5.56. The van der Waals surface area contributed by atoms with Gasteiger partial charge in [0.2, 0.25) is 5.91 Å². The number of esters is 1. The molecule has 0 heterocycles. The second kappa shape index (κ2) is 10.1. The van der Waals surface area contributed by atoms with E-state index in [1.807, 2.05) is 6.07 Å². The Morgan fingerprint density at radius 2 is 1.74 bits per heavy atom. The van der Waals surface area contributed by atoms with E-state index in [-0.39, 0.29) is 12.3 Å². The lowest BCUT2D eigenvalue weighted by Gasteiger charge is -2.12. The summed E-state index contributed by atoms with van der Waals surface area (Å²) in [5.41, 5.74) is 1.69. The smallest absolute Gasteiger partial charge is 0.340 e. The average Bonchev–Trinajstić information content (AvgIpc) is 2.68. The van der Waals surface area contributed by atoms with E-state index in [0.29, 0.717) is 41.6 Å². The Labute approximate surface area is 158 Å². The number of benzene rings is 2. The van der Waals surface area contributed by atoms with Gasteiger partial charge < -0.3 is 24.8 Å². The van der Waals surface area contributed by atoms with Crippen LogP contribution >= 0.6 is 0 Å². The lowest BCUT2D eigenvalue weighted by Crippen LogP contribution is -2.17. The summed E-state index contributed by atoms with van der Waals surface area (Å²) in [7, 11) is 3.09. The van der Waals surface area contributed by atoms with Crippen molar-refractivity contribution in [1.29, 1.82) is 0 Å². The molecule has 0 spiro atoms. The maximum absolute atomic E-state index is 12.2. The van der Waals surface area contributed by atoms with E-state index in [1.165, 1.54) is 7.11 Å². The van der Waals surface area contributed by atoms with Crippen molar-refractivity contribution in [1.82, 2.24) is 0 Å². The lowest BCUT2D eigenvalue weighted by atomic mass is 10.1. The highest BCUT2D eigenvalue weighted by atomic mass is 16.5. The molecule has 0 saturated heterocycles. The largest absolute Gasteiger partial charge is 0.493 e.